The van der Waals surface area contributed by atoms with E-state index < -0.39 is 21.5 Å². The van der Waals surface area contributed by atoms with Gasteiger partial charge in [0.25, 0.3) is 5.69 Å². The molecule has 1 N–H and O–H groups in total. The third-order valence-corrected chi connectivity index (χ3v) is 8.82. The van der Waals surface area contributed by atoms with Gasteiger partial charge in [-0.15, -0.1) is 0 Å². The number of non-ortho nitro benzene ring substituents is 1. The zero-order valence-electron chi connectivity index (χ0n) is 20.8. The smallest absolute Gasteiger partial charge is 0.269 e. The molecule has 2 aromatic rings. The number of likely N-dealkylation sites (N-methyl/N-ethyl adjacent to an activating group) is 1. The first-order valence-electron chi connectivity index (χ1n) is 12.2. The lowest BCUT2D eigenvalue weighted by molar-refractivity contribution is -0.384. The highest BCUT2D eigenvalue weighted by Crippen LogP contribution is 2.67. The molecule has 190 valence electrons. The monoisotopic (exact) mass is 501 g/mol. The van der Waals surface area contributed by atoms with E-state index in [9.17, 15) is 19.7 Å². The van der Waals surface area contributed by atoms with Crippen LogP contribution in [-0.4, -0.2) is 59.4 Å². The Kier molecular flexibility index (Phi) is 4.91. The molecule has 1 saturated heterocycles. The fraction of sp³-hybridized carbons (Fsp3) is 0.357. The predicted octanol–water partition coefficient (Wildman–Crippen LogP) is 2.96. The van der Waals surface area contributed by atoms with Gasteiger partial charge in [0.15, 0.2) is 22.9 Å². The molecule has 0 radical (unpaired) electrons. The fourth-order valence-corrected chi connectivity index (χ4v) is 7.10. The van der Waals surface area contributed by atoms with Crippen molar-refractivity contribution in [2.75, 3.05) is 20.7 Å². The van der Waals surface area contributed by atoms with E-state index >= 15 is 0 Å². The van der Waals surface area contributed by atoms with Gasteiger partial charge in [0.05, 0.1) is 23.0 Å². The number of carbonyl (C=O) groups excluding carboxylic acids is 2. The van der Waals surface area contributed by atoms with Gasteiger partial charge in [0, 0.05) is 29.8 Å². The Labute approximate surface area is 213 Å². The lowest BCUT2D eigenvalue weighted by Crippen LogP contribution is -2.82. The van der Waals surface area contributed by atoms with Crippen molar-refractivity contribution in [3.8, 4) is 11.5 Å². The van der Waals surface area contributed by atoms with Crippen LogP contribution in [0.5, 0.6) is 11.5 Å². The number of ketones is 1. The summed E-state index contributed by atoms with van der Waals surface area (Å²) in [7, 11) is 3.63. The predicted molar refractivity (Wildman–Crippen MR) is 136 cm³/mol. The summed E-state index contributed by atoms with van der Waals surface area (Å²) in [5.41, 5.74) is -0.204. The van der Waals surface area contributed by atoms with Crippen molar-refractivity contribution in [3.63, 3.8) is 0 Å². The van der Waals surface area contributed by atoms with E-state index in [0.717, 1.165) is 17.7 Å². The average molecular weight is 502 g/mol. The largest absolute Gasteiger partial charge is 0.493 e. The molecule has 4 aliphatic rings. The molecule has 0 saturated carbocycles. The van der Waals surface area contributed by atoms with Gasteiger partial charge in [-0.25, -0.2) is 0 Å². The summed E-state index contributed by atoms with van der Waals surface area (Å²) in [6.07, 6.45) is 7.77. The summed E-state index contributed by atoms with van der Waals surface area (Å²) in [5.74, 6) is 0.710. The number of amides is 1. The van der Waals surface area contributed by atoms with Gasteiger partial charge < -0.3 is 19.7 Å². The molecule has 1 amide bonds. The highest BCUT2D eigenvalue weighted by Gasteiger charge is 2.77. The maximum Gasteiger partial charge on any atom is 0.269 e. The molecule has 0 unspecified atom stereocenters. The molecule has 9 heteroatoms. The summed E-state index contributed by atoms with van der Waals surface area (Å²) >= 11 is 0. The number of piperidine rings is 1. The van der Waals surface area contributed by atoms with E-state index in [4.69, 9.17) is 9.47 Å². The minimum Gasteiger partial charge on any atom is -0.493 e. The van der Waals surface area contributed by atoms with Crippen LogP contribution in [0.3, 0.4) is 0 Å². The van der Waals surface area contributed by atoms with Crippen molar-refractivity contribution in [2.24, 2.45) is 0 Å². The Morgan fingerprint density at radius 3 is 2.73 bits per heavy atom. The Hall–Kier alpha value is -3.98. The Morgan fingerprint density at radius 2 is 2.03 bits per heavy atom. The second kappa shape index (κ2) is 7.76. The van der Waals surface area contributed by atoms with Gasteiger partial charge in [-0.1, -0.05) is 12.1 Å². The van der Waals surface area contributed by atoms with Crippen LogP contribution < -0.4 is 14.8 Å². The molecule has 37 heavy (non-hydrogen) atoms. The summed E-state index contributed by atoms with van der Waals surface area (Å²) in [4.78, 5) is 39.7. The first-order chi connectivity index (χ1) is 17.7. The minimum atomic E-state index is -1.21. The van der Waals surface area contributed by atoms with Crippen molar-refractivity contribution < 1.29 is 24.0 Å². The molecule has 2 bridgehead atoms. The highest BCUT2D eigenvalue weighted by atomic mass is 16.6. The highest BCUT2D eigenvalue weighted by molar-refractivity contribution is 6.03. The number of nitro groups is 1. The first kappa shape index (κ1) is 23.4. The zero-order valence-corrected chi connectivity index (χ0v) is 20.8. The third-order valence-electron chi connectivity index (χ3n) is 8.82. The van der Waals surface area contributed by atoms with Gasteiger partial charge in [0.1, 0.15) is 0 Å². The third kappa shape index (κ3) is 2.88. The summed E-state index contributed by atoms with van der Waals surface area (Å²) in [5, 5.41) is 14.2. The molecule has 2 heterocycles. The van der Waals surface area contributed by atoms with Gasteiger partial charge in [-0.3, -0.25) is 19.7 Å². The van der Waals surface area contributed by atoms with Crippen LogP contribution in [0.25, 0.3) is 6.08 Å². The van der Waals surface area contributed by atoms with E-state index in [1.807, 2.05) is 32.2 Å². The molecular formula is C28H27N3O6. The first-order valence-corrected chi connectivity index (χ1v) is 12.2. The molecule has 4 atom stereocenters. The van der Waals surface area contributed by atoms with Crippen molar-refractivity contribution in [3.05, 3.63) is 81.4 Å². The summed E-state index contributed by atoms with van der Waals surface area (Å²) in [6.45, 7) is 2.58. The molecule has 2 aromatic carbocycles. The van der Waals surface area contributed by atoms with Crippen molar-refractivity contribution >= 4 is 23.5 Å². The van der Waals surface area contributed by atoms with E-state index in [-0.39, 0.29) is 23.4 Å². The molecule has 0 aromatic heterocycles. The molecule has 1 spiro atoms. The average Bonchev–Trinajstić information content (AvgIpc) is 3.17. The number of carbonyl (C=O) groups is 2. The second-order valence-electron chi connectivity index (χ2n) is 10.4. The second-order valence-corrected chi connectivity index (χ2v) is 10.4. The topological polar surface area (TPSA) is 111 Å². The van der Waals surface area contributed by atoms with Crippen LogP contribution in [0.1, 0.15) is 30.0 Å². The number of methoxy groups -OCH3 is 1. The SMILES string of the molecule is COc1ccc2c3c1O[C@@]1(C)C(=O)C=C[C@@]4(NC(=O)/C=C/c5ccc([N+](=O)[O-])cc5)[C@@H](C2)N(C)CC[C@]314. The number of nitrogens with zero attached hydrogens (tertiary/aromatic N) is 2. The van der Waals surface area contributed by atoms with Crippen molar-refractivity contribution in [1.29, 1.82) is 0 Å². The lowest BCUT2D eigenvalue weighted by atomic mass is 9.45. The number of ether oxygens (including phenoxy) is 2. The number of hydrogen-bond donors (Lipinski definition) is 1. The van der Waals surface area contributed by atoms with Crippen LogP contribution in [0.15, 0.2) is 54.6 Å². The van der Waals surface area contributed by atoms with Crippen LogP contribution in [0.4, 0.5) is 5.69 Å². The number of nitrogens with one attached hydrogen (secondary N) is 1. The molecule has 1 fully saturated rings. The quantitative estimate of drug-likeness (QED) is 0.381. The number of likely N-dealkylation sites (tertiary alicyclic amines) is 1. The Bertz CT molecular complexity index is 1420. The number of hydrogen-bond acceptors (Lipinski definition) is 7. The molecule has 9 nitrogen and oxygen atoms in total. The van der Waals surface area contributed by atoms with Crippen LogP contribution in [0.2, 0.25) is 0 Å². The molecule has 6 rings (SSSR count). The molecule has 2 aliphatic carbocycles. The maximum absolute atomic E-state index is 13.5. The fourth-order valence-electron chi connectivity index (χ4n) is 7.10. The van der Waals surface area contributed by atoms with E-state index in [0.29, 0.717) is 29.9 Å². The molecule has 2 aliphatic heterocycles. The Morgan fingerprint density at radius 1 is 1.27 bits per heavy atom. The van der Waals surface area contributed by atoms with Gasteiger partial charge in [-0.2, -0.15) is 0 Å². The summed E-state index contributed by atoms with van der Waals surface area (Å²) < 4.78 is 12.2. The number of rotatable bonds is 5. The van der Waals surface area contributed by atoms with Gasteiger partial charge in [0.2, 0.25) is 5.91 Å². The van der Waals surface area contributed by atoms with E-state index in [1.54, 1.807) is 31.4 Å². The van der Waals surface area contributed by atoms with Crippen LogP contribution in [-0.2, 0) is 21.4 Å². The Balaban J connectivity index is 1.46. The minimum absolute atomic E-state index is 0.0138. The number of benzene rings is 2. The van der Waals surface area contributed by atoms with Crippen molar-refractivity contribution in [2.45, 2.75) is 42.4 Å². The normalized spacial score (nSPS) is 31.1. The number of nitro benzene ring substituents is 1. The molecular weight excluding hydrogens is 474 g/mol. The van der Waals surface area contributed by atoms with Gasteiger partial charge in [-0.05, 0) is 74.8 Å². The van der Waals surface area contributed by atoms with Crippen LogP contribution >= 0.6 is 0 Å². The van der Waals surface area contributed by atoms with Crippen molar-refractivity contribution in [1.82, 2.24) is 10.2 Å². The standard InChI is InChI=1S/C28H27N3O6/c1-26-22(32)12-13-28(29-23(33)11-6-17-4-8-19(9-5-17)31(34)35)21-16-18-7-10-20(36-3)25(37-26)24(18)27(26,28)14-15-30(21)2/h4-13,21H,14-16H2,1-3H3,(H,29,33)/b11-6+/t21-,26+,27+,28-/m1/s1. The van der Waals surface area contributed by atoms with E-state index in [1.165, 1.54) is 18.2 Å². The van der Waals surface area contributed by atoms with Crippen LogP contribution in [0, 0.1) is 10.1 Å². The summed E-state index contributed by atoms with van der Waals surface area (Å²) in [6, 6.07) is 9.82. The zero-order chi connectivity index (χ0) is 26.2. The van der Waals surface area contributed by atoms with E-state index in [2.05, 4.69) is 10.2 Å². The lowest BCUT2D eigenvalue weighted by Gasteiger charge is -2.65. The maximum atomic E-state index is 13.5. The van der Waals surface area contributed by atoms with Gasteiger partial charge >= 0.3 is 0 Å².